The maximum Gasteiger partial charge on any atom is 0.350 e. The van der Waals surface area contributed by atoms with Gasteiger partial charge in [0.05, 0.1) is 24.4 Å². The molecule has 2 aromatic heterocycles. The number of hydrogen-bond acceptors (Lipinski definition) is 7. The average molecular weight is 423 g/mol. The van der Waals surface area contributed by atoms with E-state index in [0.717, 1.165) is 28.3 Å². The number of carbonyl (C=O) groups is 3. The van der Waals surface area contributed by atoms with Crippen LogP contribution < -0.4 is 5.32 Å². The van der Waals surface area contributed by atoms with Crippen molar-refractivity contribution in [1.29, 1.82) is 0 Å². The van der Waals surface area contributed by atoms with Crippen LogP contribution in [0, 0.1) is 19.8 Å². The van der Waals surface area contributed by atoms with Crippen molar-refractivity contribution in [3.8, 4) is 0 Å². The van der Waals surface area contributed by atoms with Crippen molar-refractivity contribution in [2.75, 3.05) is 26.0 Å². The molecule has 0 spiro atoms. The minimum absolute atomic E-state index is 0.198. The second-order valence-corrected chi connectivity index (χ2v) is 7.83. The van der Waals surface area contributed by atoms with E-state index in [0.29, 0.717) is 12.2 Å². The normalized spacial score (nSPS) is 12.1. The Morgan fingerprint density at radius 2 is 2.07 bits per heavy atom. The van der Waals surface area contributed by atoms with Gasteiger partial charge < -0.3 is 20.1 Å². The molecular formula is C19H26N4O5S. The smallest absolute Gasteiger partial charge is 0.350 e. The second kappa shape index (κ2) is 9.66. The number of nitrogens with zero attached hydrogens (tertiary/aromatic N) is 3. The van der Waals surface area contributed by atoms with E-state index in [1.54, 1.807) is 16.1 Å². The number of aryl methyl sites for hydroxylation is 2. The number of methoxy groups -OCH3 is 1. The van der Waals surface area contributed by atoms with Crippen molar-refractivity contribution < 1.29 is 24.2 Å². The van der Waals surface area contributed by atoms with Gasteiger partial charge in [-0.05, 0) is 32.3 Å². The maximum absolute atomic E-state index is 12.4. The molecule has 2 rings (SSSR count). The number of esters is 1. The van der Waals surface area contributed by atoms with Gasteiger partial charge in [0.25, 0.3) is 0 Å². The fourth-order valence-electron chi connectivity index (χ4n) is 3.07. The Kier molecular flexibility index (Phi) is 7.52. The molecule has 0 bridgehead atoms. The van der Waals surface area contributed by atoms with Crippen LogP contribution in [0.25, 0.3) is 0 Å². The fourth-order valence-corrected chi connectivity index (χ4v) is 3.84. The highest BCUT2D eigenvalue weighted by atomic mass is 32.1. The molecular weight excluding hydrogens is 396 g/mol. The molecule has 0 unspecified atom stereocenters. The minimum atomic E-state index is -1.05. The first kappa shape index (κ1) is 22.6. The van der Waals surface area contributed by atoms with Gasteiger partial charge in [0, 0.05) is 37.8 Å². The predicted molar refractivity (Wildman–Crippen MR) is 109 cm³/mol. The van der Waals surface area contributed by atoms with E-state index in [1.807, 2.05) is 32.8 Å². The molecule has 1 atom stereocenters. The van der Waals surface area contributed by atoms with Gasteiger partial charge in [-0.25, -0.2) is 4.79 Å². The molecule has 0 aliphatic heterocycles. The number of carbonyl (C=O) groups excluding carboxylic acids is 2. The minimum Gasteiger partial charge on any atom is -0.481 e. The number of aromatic nitrogens is 2. The van der Waals surface area contributed by atoms with Crippen LogP contribution in [0.15, 0.2) is 11.4 Å². The van der Waals surface area contributed by atoms with Gasteiger partial charge in [-0.1, -0.05) is 0 Å². The van der Waals surface area contributed by atoms with Gasteiger partial charge in [0.2, 0.25) is 5.91 Å². The van der Waals surface area contributed by atoms with Crippen LogP contribution in [-0.2, 0) is 27.9 Å². The number of carboxylic acids is 1. The molecule has 0 saturated heterocycles. The third-order valence-electron chi connectivity index (χ3n) is 4.71. The van der Waals surface area contributed by atoms with Crippen LogP contribution in [-0.4, -0.2) is 58.3 Å². The maximum atomic E-state index is 12.4. The third-order valence-corrected chi connectivity index (χ3v) is 5.60. The van der Waals surface area contributed by atoms with Crippen molar-refractivity contribution in [2.45, 2.75) is 26.8 Å². The van der Waals surface area contributed by atoms with Crippen LogP contribution in [0.2, 0.25) is 0 Å². The fraction of sp³-hybridized carbons (Fsp3) is 0.474. The third kappa shape index (κ3) is 5.64. The first-order valence-corrected chi connectivity index (χ1v) is 9.88. The molecule has 0 aromatic carbocycles. The largest absolute Gasteiger partial charge is 0.481 e. The molecule has 1 amide bonds. The molecule has 10 heteroatoms. The number of hydrogen-bond donors (Lipinski definition) is 2. The number of aliphatic carboxylic acids is 1. The van der Waals surface area contributed by atoms with Crippen LogP contribution in [0.5, 0.6) is 0 Å². The topological polar surface area (TPSA) is 114 Å². The molecule has 0 aliphatic carbocycles. The zero-order valence-electron chi connectivity index (χ0n) is 17.2. The lowest BCUT2D eigenvalue weighted by Crippen LogP contribution is -2.33. The highest BCUT2D eigenvalue weighted by molar-refractivity contribution is 7.12. The highest BCUT2D eigenvalue weighted by Crippen LogP contribution is 2.24. The summed E-state index contributed by atoms with van der Waals surface area (Å²) < 4.78 is 6.47. The molecule has 2 aromatic rings. The van der Waals surface area contributed by atoms with Crippen molar-refractivity contribution in [1.82, 2.24) is 14.7 Å². The van der Waals surface area contributed by atoms with Gasteiger partial charge >= 0.3 is 11.9 Å². The van der Waals surface area contributed by atoms with Gasteiger partial charge in [-0.2, -0.15) is 5.10 Å². The van der Waals surface area contributed by atoms with E-state index in [4.69, 9.17) is 0 Å². The zero-order chi connectivity index (χ0) is 21.7. The van der Waals surface area contributed by atoms with Gasteiger partial charge in [0.1, 0.15) is 4.88 Å². The van der Waals surface area contributed by atoms with Crippen molar-refractivity contribution in [2.24, 2.45) is 13.0 Å². The van der Waals surface area contributed by atoms with Gasteiger partial charge in [-0.3, -0.25) is 14.3 Å². The Hall–Kier alpha value is -2.72. The van der Waals surface area contributed by atoms with Crippen LogP contribution >= 0.6 is 11.3 Å². The van der Waals surface area contributed by atoms with E-state index in [-0.39, 0.29) is 17.8 Å². The summed E-state index contributed by atoms with van der Waals surface area (Å²) in [5, 5.41) is 18.2. The summed E-state index contributed by atoms with van der Waals surface area (Å²) in [4.78, 5) is 37.9. The van der Waals surface area contributed by atoms with Gasteiger partial charge in [-0.15, -0.1) is 11.3 Å². The second-order valence-electron chi connectivity index (χ2n) is 6.91. The summed E-state index contributed by atoms with van der Waals surface area (Å²) in [6.45, 7) is 4.61. The van der Waals surface area contributed by atoms with E-state index in [1.165, 1.54) is 7.11 Å². The summed E-state index contributed by atoms with van der Waals surface area (Å²) in [6.07, 6.45) is -0.207. The quantitative estimate of drug-likeness (QED) is 0.595. The van der Waals surface area contributed by atoms with Gasteiger partial charge in [0.15, 0.2) is 0 Å². The molecule has 158 valence electrons. The Bertz CT molecular complexity index is 905. The molecule has 0 aliphatic rings. The van der Waals surface area contributed by atoms with Crippen LogP contribution in [0.1, 0.15) is 33.0 Å². The number of anilines is 1. The summed E-state index contributed by atoms with van der Waals surface area (Å²) in [6, 6.07) is 1.59. The highest BCUT2D eigenvalue weighted by Gasteiger charge is 2.25. The Morgan fingerprint density at radius 1 is 1.38 bits per heavy atom. The number of ether oxygens (including phenoxy) is 1. The molecule has 2 heterocycles. The predicted octanol–water partition coefficient (Wildman–Crippen LogP) is 2.05. The van der Waals surface area contributed by atoms with Crippen molar-refractivity contribution in [3.05, 3.63) is 33.3 Å². The summed E-state index contributed by atoms with van der Waals surface area (Å²) in [7, 11) is 4.94. The SMILES string of the molecule is COC(=O)c1sccc1NC(=O)C[C@H](CN(C)Cc1c(C)nn(C)c1C)C(=O)O. The molecule has 0 radical (unpaired) electrons. The van der Waals surface area contributed by atoms with E-state index in [9.17, 15) is 19.5 Å². The lowest BCUT2D eigenvalue weighted by Gasteiger charge is -2.21. The van der Waals surface area contributed by atoms with E-state index >= 15 is 0 Å². The Labute approximate surface area is 173 Å². The first-order valence-electron chi connectivity index (χ1n) is 9.00. The van der Waals surface area contributed by atoms with Crippen molar-refractivity contribution >= 4 is 34.9 Å². The Morgan fingerprint density at radius 3 is 2.62 bits per heavy atom. The number of thiophene rings is 1. The lowest BCUT2D eigenvalue weighted by molar-refractivity contribution is -0.144. The van der Waals surface area contributed by atoms with E-state index in [2.05, 4.69) is 15.2 Å². The molecule has 2 N–H and O–H groups in total. The standard InChI is InChI=1S/C19H26N4O5S/c1-11-14(12(2)23(4)21-11)10-22(3)9-13(18(25)26)8-16(24)20-15-6-7-29-17(15)19(27)28-5/h6-7,13H,8-10H2,1-5H3,(H,20,24)(H,25,26)/t13-/m1/s1. The number of amides is 1. The average Bonchev–Trinajstić information content (AvgIpc) is 3.20. The lowest BCUT2D eigenvalue weighted by atomic mass is 10.0. The van der Waals surface area contributed by atoms with E-state index < -0.39 is 23.8 Å². The summed E-state index contributed by atoms with van der Waals surface area (Å²) >= 11 is 1.14. The molecule has 9 nitrogen and oxygen atoms in total. The summed E-state index contributed by atoms with van der Waals surface area (Å²) in [5.41, 5.74) is 3.29. The molecule has 29 heavy (non-hydrogen) atoms. The zero-order valence-corrected chi connectivity index (χ0v) is 18.0. The monoisotopic (exact) mass is 422 g/mol. The summed E-state index contributed by atoms with van der Waals surface area (Å²) in [5.74, 6) is -2.96. The number of nitrogens with one attached hydrogen (secondary N) is 1. The molecule has 0 saturated carbocycles. The molecule has 0 fully saturated rings. The van der Waals surface area contributed by atoms with Crippen LogP contribution in [0.4, 0.5) is 5.69 Å². The van der Waals surface area contributed by atoms with Crippen molar-refractivity contribution in [3.63, 3.8) is 0 Å². The Balaban J connectivity index is 2.01. The first-order chi connectivity index (χ1) is 13.6. The number of rotatable bonds is 9. The number of carboxylic acid groups (broad SMARTS) is 1. The van der Waals surface area contributed by atoms with Crippen LogP contribution in [0.3, 0.4) is 0 Å².